The average Bonchev–Trinajstić information content (AvgIpc) is 2.67. The summed E-state index contributed by atoms with van der Waals surface area (Å²) >= 11 is 0. The maximum absolute atomic E-state index is 12.0. The molecule has 0 radical (unpaired) electrons. The molecule has 0 aliphatic carbocycles. The van der Waals surface area contributed by atoms with Crippen molar-refractivity contribution in [2.45, 2.75) is 45.1 Å². The molecule has 0 saturated carbocycles. The number of unbranched alkanes of at least 4 members (excludes halogenated alkanes) is 2. The first-order valence-corrected chi connectivity index (χ1v) is 9.23. The summed E-state index contributed by atoms with van der Waals surface area (Å²) in [7, 11) is 0. The molecule has 27 heavy (non-hydrogen) atoms. The molecule has 0 aliphatic heterocycles. The Hall–Kier alpha value is -2.88. The van der Waals surface area contributed by atoms with E-state index < -0.39 is 6.10 Å². The highest BCUT2D eigenvalue weighted by Crippen LogP contribution is 2.22. The number of esters is 2. The van der Waals surface area contributed by atoms with Gasteiger partial charge >= 0.3 is 11.9 Å². The van der Waals surface area contributed by atoms with Crippen molar-refractivity contribution < 1.29 is 19.1 Å². The number of aryl methyl sites for hydroxylation is 1. The molecule has 0 bridgehead atoms. The van der Waals surface area contributed by atoms with Crippen molar-refractivity contribution in [3.8, 4) is 5.75 Å². The maximum atomic E-state index is 12.0. The topological polar surface area (TPSA) is 52.6 Å². The van der Waals surface area contributed by atoms with Crippen molar-refractivity contribution in [3.63, 3.8) is 0 Å². The van der Waals surface area contributed by atoms with Gasteiger partial charge in [-0.3, -0.25) is 9.59 Å². The molecule has 2 aromatic rings. The smallest absolute Gasteiger partial charge is 0.311 e. The SMILES string of the molecule is C=C[C@H](OC(C)=O)c1ccc(OC(=O)CCCCCc2ccccc2)cc1. The van der Waals surface area contributed by atoms with Crippen LogP contribution in [-0.4, -0.2) is 11.9 Å². The van der Waals surface area contributed by atoms with Gasteiger partial charge in [0.05, 0.1) is 0 Å². The summed E-state index contributed by atoms with van der Waals surface area (Å²) < 4.78 is 10.5. The molecule has 0 spiro atoms. The Balaban J connectivity index is 1.70. The highest BCUT2D eigenvalue weighted by molar-refractivity contribution is 5.72. The predicted octanol–water partition coefficient (Wildman–Crippen LogP) is 5.19. The molecule has 1 atom stereocenters. The van der Waals surface area contributed by atoms with Crippen LogP contribution in [0.2, 0.25) is 0 Å². The summed E-state index contributed by atoms with van der Waals surface area (Å²) in [4.78, 5) is 23.0. The number of carbonyl (C=O) groups excluding carboxylic acids is 2. The van der Waals surface area contributed by atoms with Crippen LogP contribution in [0.25, 0.3) is 0 Å². The molecule has 2 rings (SSSR count). The Kier molecular flexibility index (Phi) is 8.30. The molecule has 0 saturated heterocycles. The van der Waals surface area contributed by atoms with Gasteiger partial charge in [0.2, 0.25) is 0 Å². The van der Waals surface area contributed by atoms with E-state index in [2.05, 4.69) is 18.7 Å². The van der Waals surface area contributed by atoms with Crippen molar-refractivity contribution in [1.82, 2.24) is 0 Å². The Labute approximate surface area is 160 Å². The fourth-order valence-corrected chi connectivity index (χ4v) is 2.76. The largest absolute Gasteiger partial charge is 0.453 e. The van der Waals surface area contributed by atoms with Gasteiger partial charge in [-0.2, -0.15) is 0 Å². The third-order valence-corrected chi connectivity index (χ3v) is 4.14. The molecule has 0 fully saturated rings. The van der Waals surface area contributed by atoms with Gasteiger partial charge in [0.15, 0.2) is 0 Å². The standard InChI is InChI=1S/C23H26O4/c1-3-22(26-18(2)24)20-14-16-21(17-15-20)27-23(25)13-9-5-8-12-19-10-6-4-7-11-19/h3-4,6-7,10-11,14-17,22H,1,5,8-9,12-13H2,2H3/t22-/m0/s1. The van der Waals surface area contributed by atoms with Gasteiger partial charge in [0.25, 0.3) is 0 Å². The molecule has 0 N–H and O–H groups in total. The lowest BCUT2D eigenvalue weighted by Gasteiger charge is -2.13. The van der Waals surface area contributed by atoms with Crippen LogP contribution in [0.5, 0.6) is 5.75 Å². The molecule has 4 heteroatoms. The fourth-order valence-electron chi connectivity index (χ4n) is 2.76. The first-order valence-electron chi connectivity index (χ1n) is 9.23. The second-order valence-electron chi connectivity index (χ2n) is 6.36. The van der Waals surface area contributed by atoms with E-state index in [-0.39, 0.29) is 11.9 Å². The van der Waals surface area contributed by atoms with E-state index in [1.165, 1.54) is 12.5 Å². The van der Waals surface area contributed by atoms with Gasteiger partial charge in [-0.15, -0.1) is 0 Å². The third kappa shape index (κ3) is 7.48. The molecule has 2 aromatic carbocycles. The quantitative estimate of drug-likeness (QED) is 0.251. The molecule has 142 valence electrons. The second kappa shape index (κ2) is 11.0. The minimum atomic E-state index is -0.503. The average molecular weight is 366 g/mol. The summed E-state index contributed by atoms with van der Waals surface area (Å²) in [5, 5.41) is 0. The molecule has 4 nitrogen and oxygen atoms in total. The summed E-state index contributed by atoms with van der Waals surface area (Å²) in [6.07, 6.45) is 5.35. The van der Waals surface area contributed by atoms with Crippen LogP contribution in [0.3, 0.4) is 0 Å². The Morgan fingerprint density at radius 1 is 1.00 bits per heavy atom. The van der Waals surface area contributed by atoms with Crippen molar-refractivity contribution in [3.05, 3.63) is 78.4 Å². The van der Waals surface area contributed by atoms with Crippen molar-refractivity contribution in [2.75, 3.05) is 0 Å². The zero-order chi connectivity index (χ0) is 19.5. The zero-order valence-corrected chi connectivity index (χ0v) is 15.7. The van der Waals surface area contributed by atoms with E-state index in [0.717, 1.165) is 31.2 Å². The van der Waals surface area contributed by atoms with Crippen LogP contribution in [-0.2, 0) is 20.7 Å². The zero-order valence-electron chi connectivity index (χ0n) is 15.7. The normalized spacial score (nSPS) is 11.4. The highest BCUT2D eigenvalue weighted by atomic mass is 16.5. The number of hydrogen-bond donors (Lipinski definition) is 0. The molecular weight excluding hydrogens is 340 g/mol. The number of rotatable bonds is 10. The van der Waals surface area contributed by atoms with Gasteiger partial charge in [-0.1, -0.05) is 55.5 Å². The van der Waals surface area contributed by atoms with Gasteiger partial charge in [-0.25, -0.2) is 0 Å². The van der Waals surface area contributed by atoms with Crippen molar-refractivity contribution >= 4 is 11.9 Å². The molecule has 0 aromatic heterocycles. The molecular formula is C23H26O4. The van der Waals surface area contributed by atoms with E-state index in [4.69, 9.17) is 9.47 Å². The third-order valence-electron chi connectivity index (χ3n) is 4.14. The van der Waals surface area contributed by atoms with Gasteiger partial charge in [0.1, 0.15) is 11.9 Å². The number of benzene rings is 2. The summed E-state index contributed by atoms with van der Waals surface area (Å²) in [6.45, 7) is 5.02. The minimum Gasteiger partial charge on any atom is -0.453 e. The van der Waals surface area contributed by atoms with Crippen molar-refractivity contribution in [2.24, 2.45) is 0 Å². The van der Waals surface area contributed by atoms with E-state index in [1.807, 2.05) is 18.2 Å². The van der Waals surface area contributed by atoms with Crippen LogP contribution in [0, 0.1) is 0 Å². The lowest BCUT2D eigenvalue weighted by Crippen LogP contribution is -2.08. The van der Waals surface area contributed by atoms with Crippen LogP contribution < -0.4 is 4.74 Å². The first kappa shape index (κ1) is 20.4. The molecule has 0 heterocycles. The fraction of sp³-hybridized carbons (Fsp3) is 0.304. The monoisotopic (exact) mass is 366 g/mol. The molecule has 0 aliphatic rings. The lowest BCUT2D eigenvalue weighted by atomic mass is 10.1. The van der Waals surface area contributed by atoms with Gasteiger partial charge < -0.3 is 9.47 Å². The maximum Gasteiger partial charge on any atom is 0.311 e. The highest BCUT2D eigenvalue weighted by Gasteiger charge is 2.11. The first-order chi connectivity index (χ1) is 13.1. The van der Waals surface area contributed by atoms with E-state index >= 15 is 0 Å². The molecule has 0 unspecified atom stereocenters. The number of hydrogen-bond acceptors (Lipinski definition) is 4. The Morgan fingerprint density at radius 3 is 2.33 bits per heavy atom. The van der Waals surface area contributed by atoms with Gasteiger partial charge in [0, 0.05) is 13.3 Å². The summed E-state index contributed by atoms with van der Waals surface area (Å²) in [5.41, 5.74) is 2.10. The van der Waals surface area contributed by atoms with Crippen molar-refractivity contribution in [1.29, 1.82) is 0 Å². The van der Waals surface area contributed by atoms with Crippen LogP contribution in [0.4, 0.5) is 0 Å². The Morgan fingerprint density at radius 2 is 1.70 bits per heavy atom. The second-order valence-corrected chi connectivity index (χ2v) is 6.36. The lowest BCUT2D eigenvalue weighted by molar-refractivity contribution is -0.144. The van der Waals surface area contributed by atoms with Crippen LogP contribution in [0.15, 0.2) is 67.3 Å². The van der Waals surface area contributed by atoms with E-state index in [9.17, 15) is 9.59 Å². The molecule has 0 amide bonds. The van der Waals surface area contributed by atoms with E-state index in [0.29, 0.717) is 12.2 Å². The summed E-state index contributed by atoms with van der Waals surface area (Å²) in [6, 6.07) is 17.3. The number of carbonyl (C=O) groups is 2. The minimum absolute atomic E-state index is 0.234. The predicted molar refractivity (Wildman–Crippen MR) is 105 cm³/mol. The van der Waals surface area contributed by atoms with E-state index in [1.54, 1.807) is 30.3 Å². The van der Waals surface area contributed by atoms with Crippen LogP contribution in [0.1, 0.15) is 49.8 Å². The van der Waals surface area contributed by atoms with Gasteiger partial charge in [-0.05, 0) is 48.6 Å². The van der Waals surface area contributed by atoms with Crippen LogP contribution >= 0.6 is 0 Å². The summed E-state index contributed by atoms with van der Waals surface area (Å²) in [5.74, 6) is -0.121. The Bertz CT molecular complexity index is 735. The number of ether oxygens (including phenoxy) is 2.